The lowest BCUT2D eigenvalue weighted by atomic mass is 10.2. The number of fused-ring (bicyclic) bond motifs is 1. The van der Waals surface area contributed by atoms with Crippen LogP contribution in [-0.2, 0) is 9.84 Å². The van der Waals surface area contributed by atoms with E-state index in [1.54, 1.807) is 0 Å². The van der Waals surface area contributed by atoms with Gasteiger partial charge in [-0.3, -0.25) is 0 Å². The minimum absolute atomic E-state index is 0.0204. The Morgan fingerprint density at radius 3 is 2.46 bits per heavy atom. The van der Waals surface area contributed by atoms with Crippen LogP contribution < -0.4 is 4.74 Å². The van der Waals surface area contributed by atoms with Gasteiger partial charge in [0.05, 0.1) is 17.6 Å². The highest BCUT2D eigenvalue weighted by Gasteiger charge is 2.31. The van der Waals surface area contributed by atoms with E-state index in [0.29, 0.717) is 16.2 Å². The van der Waals surface area contributed by atoms with Crippen LogP contribution in [0.4, 0.5) is 13.2 Å². The van der Waals surface area contributed by atoms with Gasteiger partial charge in [0.15, 0.2) is 0 Å². The number of benzene rings is 1. The van der Waals surface area contributed by atoms with Gasteiger partial charge in [-0.05, 0) is 24.3 Å². The molecule has 11 heteroatoms. The lowest BCUT2D eigenvalue weighted by Gasteiger charge is -2.08. The van der Waals surface area contributed by atoms with Crippen LogP contribution in [0.5, 0.6) is 5.75 Å². The summed E-state index contributed by atoms with van der Waals surface area (Å²) < 4.78 is 65.1. The molecule has 0 atom stereocenters. The molecule has 0 amide bonds. The molecule has 0 radical (unpaired) electrons. The molecule has 3 rings (SSSR count). The molecule has 2 heterocycles. The number of hydrogen-bond acceptors (Lipinski definition) is 6. The number of halogens is 3. The Kier molecular flexibility index (Phi) is 4.00. The van der Waals surface area contributed by atoms with Crippen LogP contribution in [0.1, 0.15) is 6.92 Å². The highest BCUT2D eigenvalue weighted by molar-refractivity contribution is 7.93. The number of aromatic nitrogens is 3. The summed E-state index contributed by atoms with van der Waals surface area (Å²) in [7, 11) is -3.41. The molecule has 0 fully saturated rings. The van der Waals surface area contributed by atoms with Crippen LogP contribution in [0.15, 0.2) is 34.8 Å². The third kappa shape index (κ3) is 3.36. The highest BCUT2D eigenvalue weighted by atomic mass is 32.2. The Morgan fingerprint density at radius 1 is 1.25 bits per heavy atom. The molecule has 0 N–H and O–H groups in total. The van der Waals surface area contributed by atoms with E-state index in [0.717, 1.165) is 11.3 Å². The van der Waals surface area contributed by atoms with Gasteiger partial charge in [-0.15, -0.1) is 18.3 Å². The van der Waals surface area contributed by atoms with Gasteiger partial charge in [-0.25, -0.2) is 17.9 Å². The fourth-order valence-electron chi connectivity index (χ4n) is 1.90. The molecule has 0 bridgehead atoms. The number of sulfone groups is 1. The van der Waals surface area contributed by atoms with E-state index >= 15 is 0 Å². The number of rotatable bonds is 4. The first-order valence-electron chi connectivity index (χ1n) is 6.63. The van der Waals surface area contributed by atoms with E-state index in [9.17, 15) is 21.6 Å². The van der Waals surface area contributed by atoms with Gasteiger partial charge in [-0.1, -0.05) is 18.3 Å². The summed E-state index contributed by atoms with van der Waals surface area (Å²) in [5.74, 6) is -0.390. The number of nitrogens with zero attached hydrogens (tertiary/aromatic N) is 3. The number of imidazole rings is 1. The average molecular weight is 377 g/mol. The van der Waals surface area contributed by atoms with E-state index in [1.165, 1.54) is 41.9 Å². The van der Waals surface area contributed by atoms with Crippen molar-refractivity contribution in [2.24, 2.45) is 0 Å². The fourth-order valence-corrected chi connectivity index (χ4v) is 4.06. The van der Waals surface area contributed by atoms with Crippen LogP contribution in [-0.4, -0.2) is 35.1 Å². The molecule has 0 aliphatic carbocycles. The van der Waals surface area contributed by atoms with E-state index in [1.807, 2.05) is 0 Å². The van der Waals surface area contributed by atoms with Gasteiger partial charge < -0.3 is 4.74 Å². The highest BCUT2D eigenvalue weighted by Crippen LogP contribution is 2.28. The molecule has 0 saturated heterocycles. The van der Waals surface area contributed by atoms with Gasteiger partial charge in [0.25, 0.3) is 0 Å². The fraction of sp³-hybridized carbons (Fsp3) is 0.231. The summed E-state index contributed by atoms with van der Waals surface area (Å²) in [6.07, 6.45) is -3.23. The van der Waals surface area contributed by atoms with Gasteiger partial charge >= 0.3 is 6.36 Å². The van der Waals surface area contributed by atoms with Crippen LogP contribution in [0.2, 0.25) is 0 Å². The molecule has 0 aliphatic rings. The third-order valence-corrected chi connectivity index (χ3v) is 6.16. The van der Waals surface area contributed by atoms with E-state index in [4.69, 9.17) is 0 Å². The van der Waals surface area contributed by atoms with Crippen molar-refractivity contribution in [1.29, 1.82) is 0 Å². The van der Waals surface area contributed by atoms with Crippen molar-refractivity contribution in [3.63, 3.8) is 0 Å². The molecule has 0 aliphatic heterocycles. The molecular formula is C13H10F3N3O3S2. The van der Waals surface area contributed by atoms with Crippen molar-refractivity contribution in [1.82, 2.24) is 14.6 Å². The maximum Gasteiger partial charge on any atom is 0.573 e. The van der Waals surface area contributed by atoms with E-state index in [2.05, 4.69) is 14.8 Å². The molecule has 1 aromatic carbocycles. The normalized spacial score (nSPS) is 12.7. The minimum Gasteiger partial charge on any atom is -0.406 e. The molecule has 0 unspecified atom stereocenters. The summed E-state index contributed by atoms with van der Waals surface area (Å²) in [5.41, 5.74) is 1.02. The van der Waals surface area contributed by atoms with Gasteiger partial charge in [0.1, 0.15) is 5.75 Å². The first kappa shape index (κ1) is 16.7. The Balaban J connectivity index is 1.89. The molecule has 3 aromatic rings. The molecule has 24 heavy (non-hydrogen) atoms. The number of ether oxygens (including phenoxy) is 1. The van der Waals surface area contributed by atoms with Crippen molar-refractivity contribution in [2.75, 3.05) is 5.75 Å². The third-order valence-electron chi connectivity index (χ3n) is 3.05. The quantitative estimate of drug-likeness (QED) is 0.698. The van der Waals surface area contributed by atoms with Gasteiger partial charge in [0.2, 0.25) is 19.1 Å². The van der Waals surface area contributed by atoms with Crippen molar-refractivity contribution in [2.45, 2.75) is 17.6 Å². The second kappa shape index (κ2) is 5.74. The Morgan fingerprint density at radius 2 is 1.92 bits per heavy atom. The summed E-state index contributed by atoms with van der Waals surface area (Å²) in [4.78, 5) is 4.63. The number of hydrogen-bond donors (Lipinski definition) is 0. The lowest BCUT2D eigenvalue weighted by Crippen LogP contribution is -2.16. The average Bonchev–Trinajstić information content (AvgIpc) is 3.05. The lowest BCUT2D eigenvalue weighted by molar-refractivity contribution is -0.274. The summed E-state index contributed by atoms with van der Waals surface area (Å²) >= 11 is 0.935. The van der Waals surface area contributed by atoms with Gasteiger partial charge in [-0.2, -0.15) is 0 Å². The second-order valence-corrected chi connectivity index (χ2v) is 8.10. The molecular weight excluding hydrogens is 367 g/mol. The van der Waals surface area contributed by atoms with Crippen molar-refractivity contribution >= 4 is 26.1 Å². The number of alkyl halides is 3. The zero-order valence-corrected chi connectivity index (χ0v) is 13.7. The zero-order valence-electron chi connectivity index (χ0n) is 12.1. The molecule has 0 spiro atoms. The van der Waals surface area contributed by atoms with Crippen molar-refractivity contribution in [3.05, 3.63) is 30.5 Å². The Labute approximate surface area is 138 Å². The van der Waals surface area contributed by atoms with E-state index < -0.39 is 16.2 Å². The maximum atomic E-state index is 12.1. The first-order valence-corrected chi connectivity index (χ1v) is 9.10. The van der Waals surface area contributed by atoms with Crippen molar-refractivity contribution < 1.29 is 26.3 Å². The van der Waals surface area contributed by atoms with Crippen LogP contribution in [0.25, 0.3) is 16.2 Å². The molecule has 0 saturated carbocycles. The first-order chi connectivity index (χ1) is 11.2. The van der Waals surface area contributed by atoms with Crippen LogP contribution in [0.3, 0.4) is 0 Å². The summed E-state index contributed by atoms with van der Waals surface area (Å²) in [5, 5.41) is 3.98. The van der Waals surface area contributed by atoms with Crippen LogP contribution >= 0.6 is 11.3 Å². The standard InChI is InChI=1S/C13H10F3N3O3S2/c1-2-24(20,21)12-18-19-7-10(17-11(19)23-12)8-3-5-9(6-4-8)22-13(14,15)16/h3-7H,2H2,1H3. The van der Waals surface area contributed by atoms with E-state index in [-0.39, 0.29) is 15.8 Å². The van der Waals surface area contributed by atoms with Crippen molar-refractivity contribution in [3.8, 4) is 17.0 Å². The largest absolute Gasteiger partial charge is 0.573 e. The Hall–Kier alpha value is -2.14. The smallest absolute Gasteiger partial charge is 0.406 e. The topological polar surface area (TPSA) is 73.6 Å². The predicted octanol–water partition coefficient (Wildman–Crippen LogP) is 3.15. The monoisotopic (exact) mass is 377 g/mol. The summed E-state index contributed by atoms with van der Waals surface area (Å²) in [6.45, 7) is 1.52. The summed E-state index contributed by atoms with van der Waals surface area (Å²) in [6, 6.07) is 5.21. The Bertz CT molecular complexity index is 944. The maximum absolute atomic E-state index is 12.1. The predicted molar refractivity (Wildman–Crippen MR) is 80.7 cm³/mol. The minimum atomic E-state index is -4.75. The SMILES string of the molecule is CCS(=O)(=O)c1nn2cc(-c3ccc(OC(F)(F)F)cc3)nc2s1. The van der Waals surface area contributed by atoms with Crippen LogP contribution in [0, 0.1) is 0 Å². The second-order valence-electron chi connectivity index (χ2n) is 4.70. The van der Waals surface area contributed by atoms with Gasteiger partial charge in [0, 0.05) is 5.56 Å². The molecule has 128 valence electrons. The molecule has 6 nitrogen and oxygen atoms in total. The zero-order chi connectivity index (χ0) is 17.5. The molecule has 2 aromatic heterocycles.